The van der Waals surface area contributed by atoms with E-state index in [-0.39, 0.29) is 0 Å². The van der Waals surface area contributed by atoms with E-state index in [1.165, 1.54) is 6.33 Å². The van der Waals surface area contributed by atoms with Crippen molar-refractivity contribution in [2.24, 2.45) is 5.84 Å². The van der Waals surface area contributed by atoms with Gasteiger partial charge in [0.2, 0.25) is 0 Å². The number of halogens is 1. The lowest BCUT2D eigenvalue weighted by Gasteiger charge is -2.09. The van der Waals surface area contributed by atoms with Crippen LogP contribution in [0, 0.1) is 0 Å². The second-order valence-electron chi connectivity index (χ2n) is 3.24. The molecule has 0 aromatic carbocycles. The molecule has 7 heteroatoms. The zero-order valence-electron chi connectivity index (χ0n) is 8.89. The van der Waals surface area contributed by atoms with E-state index in [9.17, 15) is 0 Å². The van der Waals surface area contributed by atoms with E-state index in [2.05, 4.69) is 41.6 Å². The average molecular weight is 295 g/mol. The number of nitrogens with two attached hydrogens (primary N) is 1. The molecule has 0 saturated carbocycles. The van der Waals surface area contributed by atoms with Gasteiger partial charge in [-0.15, -0.1) is 0 Å². The first-order valence-corrected chi connectivity index (χ1v) is 5.70. The molecule has 88 valence electrons. The average Bonchev–Trinajstić information content (AvgIpc) is 2.39. The van der Waals surface area contributed by atoms with Crippen LogP contribution in [0.3, 0.4) is 0 Å². The molecule has 4 N–H and O–H groups in total. The molecule has 6 nitrogen and oxygen atoms in total. The lowest BCUT2D eigenvalue weighted by molar-refractivity contribution is 1.06. The number of rotatable bonds is 4. The maximum atomic E-state index is 5.32. The number of hydrogen-bond donors (Lipinski definition) is 3. The Bertz CT molecular complexity index is 489. The molecular weight excluding hydrogens is 284 g/mol. The Hall–Kier alpha value is -1.73. The Labute approximate surface area is 107 Å². The van der Waals surface area contributed by atoms with Crippen LogP contribution in [0.2, 0.25) is 0 Å². The van der Waals surface area contributed by atoms with Gasteiger partial charge in [-0.05, 0) is 33.6 Å². The molecule has 0 bridgehead atoms. The molecule has 0 saturated heterocycles. The Kier molecular flexibility index (Phi) is 3.84. The third-order valence-electron chi connectivity index (χ3n) is 2.14. The number of hydrogen-bond acceptors (Lipinski definition) is 6. The van der Waals surface area contributed by atoms with Gasteiger partial charge in [0.1, 0.15) is 16.6 Å². The second-order valence-corrected chi connectivity index (χ2v) is 4.03. The summed E-state index contributed by atoms with van der Waals surface area (Å²) in [5.74, 6) is 6.54. The monoisotopic (exact) mass is 294 g/mol. The smallest absolute Gasteiger partial charge is 0.159 e. The van der Waals surface area contributed by atoms with Crippen LogP contribution in [0.25, 0.3) is 0 Å². The van der Waals surface area contributed by atoms with E-state index >= 15 is 0 Å². The number of hydrazine groups is 1. The number of nitrogens with zero attached hydrogens (tertiary/aromatic N) is 3. The van der Waals surface area contributed by atoms with Crippen molar-refractivity contribution in [3.63, 3.8) is 0 Å². The zero-order chi connectivity index (χ0) is 12.1. The predicted molar refractivity (Wildman–Crippen MR) is 69.1 cm³/mol. The van der Waals surface area contributed by atoms with Gasteiger partial charge in [-0.25, -0.2) is 15.8 Å². The highest BCUT2D eigenvalue weighted by Gasteiger charge is 2.06. The van der Waals surface area contributed by atoms with Crippen LogP contribution < -0.4 is 16.6 Å². The van der Waals surface area contributed by atoms with Crippen LogP contribution >= 0.6 is 15.9 Å². The highest BCUT2D eigenvalue weighted by molar-refractivity contribution is 9.10. The summed E-state index contributed by atoms with van der Waals surface area (Å²) in [6, 6.07) is 3.87. The topological polar surface area (TPSA) is 88.8 Å². The number of aromatic nitrogens is 3. The van der Waals surface area contributed by atoms with Gasteiger partial charge in [-0.1, -0.05) is 0 Å². The van der Waals surface area contributed by atoms with Crippen molar-refractivity contribution in [3.8, 4) is 0 Å². The van der Waals surface area contributed by atoms with Crippen LogP contribution in [-0.4, -0.2) is 15.0 Å². The molecule has 2 rings (SSSR count). The molecule has 0 fully saturated rings. The summed E-state index contributed by atoms with van der Waals surface area (Å²) in [6.07, 6.45) is 4.94. The molecule has 17 heavy (non-hydrogen) atoms. The van der Waals surface area contributed by atoms with Gasteiger partial charge in [0.15, 0.2) is 5.82 Å². The highest BCUT2D eigenvalue weighted by Crippen LogP contribution is 2.25. The largest absolute Gasteiger partial charge is 0.365 e. The molecule has 0 atom stereocenters. The van der Waals surface area contributed by atoms with Gasteiger partial charge in [0, 0.05) is 18.9 Å². The maximum Gasteiger partial charge on any atom is 0.159 e. The first-order chi connectivity index (χ1) is 8.31. The van der Waals surface area contributed by atoms with Crippen LogP contribution in [0.5, 0.6) is 0 Å². The predicted octanol–water partition coefficient (Wildman–Crippen LogP) is 1.53. The van der Waals surface area contributed by atoms with E-state index in [4.69, 9.17) is 5.84 Å². The summed E-state index contributed by atoms with van der Waals surface area (Å²) in [4.78, 5) is 12.0. The Morgan fingerprint density at radius 2 is 1.88 bits per heavy atom. The third-order valence-corrected chi connectivity index (χ3v) is 2.89. The van der Waals surface area contributed by atoms with Crippen molar-refractivity contribution in [2.45, 2.75) is 6.54 Å². The van der Waals surface area contributed by atoms with E-state index in [0.29, 0.717) is 22.7 Å². The van der Waals surface area contributed by atoms with Gasteiger partial charge in [-0.3, -0.25) is 4.98 Å². The summed E-state index contributed by atoms with van der Waals surface area (Å²) < 4.78 is 0.705. The van der Waals surface area contributed by atoms with Gasteiger partial charge in [0.25, 0.3) is 0 Å². The Morgan fingerprint density at radius 1 is 1.18 bits per heavy atom. The van der Waals surface area contributed by atoms with E-state index in [0.717, 1.165) is 5.56 Å². The fraction of sp³-hybridized carbons (Fsp3) is 0.100. The van der Waals surface area contributed by atoms with Crippen molar-refractivity contribution >= 4 is 27.6 Å². The number of nitrogen functional groups attached to an aromatic ring is 1. The van der Waals surface area contributed by atoms with Crippen molar-refractivity contribution in [2.75, 3.05) is 10.7 Å². The Morgan fingerprint density at radius 3 is 2.59 bits per heavy atom. The van der Waals surface area contributed by atoms with Crippen molar-refractivity contribution in [3.05, 3.63) is 40.9 Å². The SMILES string of the molecule is NNc1ncnc(NCc2ccncc2)c1Br. The molecule has 0 aliphatic heterocycles. The number of pyridine rings is 1. The molecule has 2 heterocycles. The molecule has 0 aliphatic carbocycles. The minimum atomic E-state index is 0.539. The lowest BCUT2D eigenvalue weighted by atomic mass is 10.3. The first kappa shape index (κ1) is 11.7. The third kappa shape index (κ3) is 2.89. The molecule has 0 radical (unpaired) electrons. The summed E-state index contributed by atoms with van der Waals surface area (Å²) in [7, 11) is 0. The molecule has 2 aromatic heterocycles. The maximum absolute atomic E-state index is 5.32. The summed E-state index contributed by atoms with van der Waals surface area (Å²) in [5.41, 5.74) is 3.60. The van der Waals surface area contributed by atoms with Crippen LogP contribution in [0.15, 0.2) is 35.3 Å². The standard InChI is InChI=1S/C10H11BrN6/c11-8-9(15-6-16-10(8)17-12)14-5-7-1-3-13-4-2-7/h1-4,6H,5,12H2,(H2,14,15,16,17). The first-order valence-electron chi connectivity index (χ1n) is 4.91. The van der Waals surface area contributed by atoms with E-state index in [1.807, 2.05) is 12.1 Å². The number of anilines is 2. The molecule has 0 unspecified atom stereocenters. The van der Waals surface area contributed by atoms with Crippen molar-refractivity contribution in [1.82, 2.24) is 15.0 Å². The fourth-order valence-electron chi connectivity index (χ4n) is 1.28. The summed E-state index contributed by atoms with van der Waals surface area (Å²) in [6.45, 7) is 0.655. The van der Waals surface area contributed by atoms with Crippen molar-refractivity contribution in [1.29, 1.82) is 0 Å². The molecule has 0 amide bonds. The Balaban J connectivity index is 2.09. The molecule has 0 aliphatic rings. The molecule has 2 aromatic rings. The van der Waals surface area contributed by atoms with Crippen LogP contribution in [-0.2, 0) is 6.54 Å². The minimum absolute atomic E-state index is 0.539. The van der Waals surface area contributed by atoms with Gasteiger partial charge >= 0.3 is 0 Å². The quantitative estimate of drug-likeness (QED) is 0.585. The van der Waals surface area contributed by atoms with Crippen molar-refractivity contribution < 1.29 is 0 Å². The van der Waals surface area contributed by atoms with Crippen LogP contribution in [0.1, 0.15) is 5.56 Å². The number of nitrogens with one attached hydrogen (secondary N) is 2. The van der Waals surface area contributed by atoms with Gasteiger partial charge in [0.05, 0.1) is 0 Å². The fourth-order valence-corrected chi connectivity index (χ4v) is 1.74. The normalized spacial score (nSPS) is 10.0. The van der Waals surface area contributed by atoms with Gasteiger partial charge < -0.3 is 10.7 Å². The second kappa shape index (κ2) is 5.55. The van der Waals surface area contributed by atoms with E-state index in [1.54, 1.807) is 12.4 Å². The summed E-state index contributed by atoms with van der Waals surface area (Å²) in [5, 5.41) is 3.18. The van der Waals surface area contributed by atoms with Gasteiger partial charge in [-0.2, -0.15) is 0 Å². The highest BCUT2D eigenvalue weighted by atomic mass is 79.9. The van der Waals surface area contributed by atoms with E-state index < -0.39 is 0 Å². The molecular formula is C10H11BrN6. The summed E-state index contributed by atoms with van der Waals surface area (Å²) >= 11 is 3.37. The lowest BCUT2D eigenvalue weighted by Crippen LogP contribution is -2.11. The zero-order valence-corrected chi connectivity index (χ0v) is 10.5. The minimum Gasteiger partial charge on any atom is -0.365 e. The molecule has 0 spiro atoms. The van der Waals surface area contributed by atoms with Crippen LogP contribution in [0.4, 0.5) is 11.6 Å².